The molecule has 6 heteroatoms. The Labute approximate surface area is 122 Å². The third-order valence-electron chi connectivity index (χ3n) is 3.37. The lowest BCUT2D eigenvalue weighted by Gasteiger charge is -2.12. The van der Waals surface area contributed by atoms with E-state index in [0.717, 1.165) is 24.5 Å². The Morgan fingerprint density at radius 2 is 1.95 bits per heavy atom. The van der Waals surface area contributed by atoms with Gasteiger partial charge in [-0.2, -0.15) is 0 Å². The highest BCUT2D eigenvalue weighted by atomic mass is 19.1. The molecule has 0 aliphatic heterocycles. The van der Waals surface area contributed by atoms with Gasteiger partial charge in [-0.3, -0.25) is 0 Å². The molecular weight excluding hydrogens is 271 g/mol. The summed E-state index contributed by atoms with van der Waals surface area (Å²) in [6.45, 7) is 0. The second-order valence-electron chi connectivity index (χ2n) is 4.99. The van der Waals surface area contributed by atoms with Crippen molar-refractivity contribution in [3.8, 4) is 5.75 Å². The summed E-state index contributed by atoms with van der Waals surface area (Å²) in [5.41, 5.74) is 0.668. The molecule has 0 unspecified atom stereocenters. The lowest BCUT2D eigenvalue weighted by molar-refractivity contribution is 0.413. The molecule has 1 heterocycles. The number of methoxy groups -OCH3 is 1. The zero-order chi connectivity index (χ0) is 14.8. The molecule has 3 rings (SSSR count). The van der Waals surface area contributed by atoms with Crippen molar-refractivity contribution < 1.29 is 9.13 Å². The van der Waals surface area contributed by atoms with Crippen molar-refractivity contribution in [2.24, 2.45) is 0 Å². The molecule has 1 aromatic heterocycles. The molecular formula is C15H17FN4O. The molecule has 2 N–H and O–H groups in total. The summed E-state index contributed by atoms with van der Waals surface area (Å²) in [6.07, 6.45) is 2.26. The number of ether oxygens (including phenoxy) is 1. The van der Waals surface area contributed by atoms with Gasteiger partial charge in [0.05, 0.1) is 12.8 Å². The van der Waals surface area contributed by atoms with Crippen LogP contribution in [0.3, 0.4) is 0 Å². The van der Waals surface area contributed by atoms with Gasteiger partial charge in [0.15, 0.2) is 0 Å². The zero-order valence-electron chi connectivity index (χ0n) is 12.0. The third kappa shape index (κ3) is 3.04. The van der Waals surface area contributed by atoms with E-state index in [1.165, 1.54) is 19.2 Å². The van der Waals surface area contributed by atoms with E-state index >= 15 is 0 Å². The Hall–Kier alpha value is -2.37. The number of hydrogen-bond donors (Lipinski definition) is 2. The number of nitrogens with zero attached hydrogens (tertiary/aromatic N) is 2. The molecule has 5 nitrogen and oxygen atoms in total. The Balaban J connectivity index is 1.92. The standard InChI is InChI=1S/C15H17FN4O/c1-17-13-8-14(20-15(19-13)9-3-4-9)18-11-6-5-10(16)7-12(11)21-2/h5-9H,3-4H2,1-2H3,(H2,17,18,19,20). The minimum atomic E-state index is -0.338. The predicted octanol–water partition coefficient (Wildman–Crippen LogP) is 3.29. The maximum absolute atomic E-state index is 13.2. The van der Waals surface area contributed by atoms with E-state index < -0.39 is 0 Å². The number of hydrogen-bond acceptors (Lipinski definition) is 5. The van der Waals surface area contributed by atoms with Crippen LogP contribution < -0.4 is 15.4 Å². The van der Waals surface area contributed by atoms with Gasteiger partial charge in [0.25, 0.3) is 0 Å². The quantitative estimate of drug-likeness (QED) is 0.884. The molecule has 1 fully saturated rings. The average Bonchev–Trinajstić information content (AvgIpc) is 3.33. The largest absolute Gasteiger partial charge is 0.494 e. The maximum atomic E-state index is 13.2. The molecule has 1 aliphatic carbocycles. The zero-order valence-corrected chi connectivity index (χ0v) is 12.0. The number of anilines is 3. The van der Waals surface area contributed by atoms with Crippen LogP contribution in [-0.2, 0) is 0 Å². The normalized spacial score (nSPS) is 13.9. The molecule has 1 saturated carbocycles. The number of rotatable bonds is 5. The molecule has 21 heavy (non-hydrogen) atoms. The van der Waals surface area contributed by atoms with E-state index in [1.54, 1.807) is 6.07 Å². The summed E-state index contributed by atoms with van der Waals surface area (Å²) in [6, 6.07) is 6.16. The van der Waals surface area contributed by atoms with Crippen LogP contribution in [0.25, 0.3) is 0 Å². The summed E-state index contributed by atoms with van der Waals surface area (Å²) in [4.78, 5) is 8.98. The van der Waals surface area contributed by atoms with Crippen molar-refractivity contribution in [3.05, 3.63) is 35.9 Å². The SMILES string of the molecule is CNc1cc(Nc2ccc(F)cc2OC)nc(C2CC2)n1. The first-order chi connectivity index (χ1) is 10.2. The van der Waals surface area contributed by atoms with Crippen molar-refractivity contribution in [2.45, 2.75) is 18.8 Å². The molecule has 0 saturated heterocycles. The molecule has 0 radical (unpaired) electrons. The molecule has 0 amide bonds. The van der Waals surface area contributed by atoms with Gasteiger partial charge in [0.1, 0.15) is 29.0 Å². The van der Waals surface area contributed by atoms with E-state index in [2.05, 4.69) is 20.6 Å². The first kappa shape index (κ1) is 13.6. The van der Waals surface area contributed by atoms with Crippen LogP contribution in [-0.4, -0.2) is 24.1 Å². The topological polar surface area (TPSA) is 59.1 Å². The Kier molecular flexibility index (Phi) is 3.60. The lowest BCUT2D eigenvalue weighted by Crippen LogP contribution is -2.04. The van der Waals surface area contributed by atoms with Crippen molar-refractivity contribution >= 4 is 17.3 Å². The Morgan fingerprint density at radius 3 is 2.62 bits per heavy atom. The second-order valence-corrected chi connectivity index (χ2v) is 4.99. The van der Waals surface area contributed by atoms with Crippen LogP contribution in [0.2, 0.25) is 0 Å². The monoisotopic (exact) mass is 288 g/mol. The predicted molar refractivity (Wildman–Crippen MR) is 79.8 cm³/mol. The van der Waals surface area contributed by atoms with Crippen molar-refractivity contribution in [1.82, 2.24) is 9.97 Å². The highest BCUT2D eigenvalue weighted by Gasteiger charge is 2.27. The molecule has 1 aliphatic rings. The van der Waals surface area contributed by atoms with Gasteiger partial charge >= 0.3 is 0 Å². The minimum absolute atomic E-state index is 0.338. The van der Waals surface area contributed by atoms with Crippen molar-refractivity contribution in [1.29, 1.82) is 0 Å². The smallest absolute Gasteiger partial charge is 0.145 e. The van der Waals surface area contributed by atoms with Crippen LogP contribution in [0.5, 0.6) is 5.75 Å². The lowest BCUT2D eigenvalue weighted by atomic mass is 10.2. The second kappa shape index (κ2) is 5.55. The molecule has 0 spiro atoms. The summed E-state index contributed by atoms with van der Waals surface area (Å²) in [5, 5.41) is 6.20. The Morgan fingerprint density at radius 1 is 1.19 bits per heavy atom. The van der Waals surface area contributed by atoms with Crippen LogP contribution in [0.1, 0.15) is 24.6 Å². The maximum Gasteiger partial charge on any atom is 0.145 e. The van der Waals surface area contributed by atoms with Crippen molar-refractivity contribution in [3.63, 3.8) is 0 Å². The van der Waals surface area contributed by atoms with Crippen LogP contribution in [0.4, 0.5) is 21.7 Å². The first-order valence-corrected chi connectivity index (χ1v) is 6.87. The van der Waals surface area contributed by atoms with Crippen LogP contribution in [0, 0.1) is 5.82 Å². The fourth-order valence-corrected chi connectivity index (χ4v) is 2.09. The molecule has 1 aromatic carbocycles. The minimum Gasteiger partial charge on any atom is -0.494 e. The van der Waals surface area contributed by atoms with Gasteiger partial charge < -0.3 is 15.4 Å². The Bertz CT molecular complexity index is 658. The summed E-state index contributed by atoms with van der Waals surface area (Å²) >= 11 is 0. The fourth-order valence-electron chi connectivity index (χ4n) is 2.09. The van der Waals surface area contributed by atoms with E-state index in [-0.39, 0.29) is 5.82 Å². The highest BCUT2D eigenvalue weighted by molar-refractivity contribution is 5.65. The van der Waals surface area contributed by atoms with Gasteiger partial charge in [0, 0.05) is 25.1 Å². The van der Waals surface area contributed by atoms with Crippen LogP contribution in [0.15, 0.2) is 24.3 Å². The molecule has 0 bridgehead atoms. The van der Waals surface area contributed by atoms with E-state index in [4.69, 9.17) is 4.74 Å². The first-order valence-electron chi connectivity index (χ1n) is 6.87. The average molecular weight is 288 g/mol. The van der Waals surface area contributed by atoms with Crippen molar-refractivity contribution in [2.75, 3.05) is 24.8 Å². The molecule has 110 valence electrons. The summed E-state index contributed by atoms with van der Waals surface area (Å²) in [5.74, 6) is 2.82. The summed E-state index contributed by atoms with van der Waals surface area (Å²) in [7, 11) is 3.33. The number of halogens is 1. The summed E-state index contributed by atoms with van der Waals surface area (Å²) < 4.78 is 18.4. The van der Waals surface area contributed by atoms with Gasteiger partial charge in [-0.25, -0.2) is 14.4 Å². The number of aromatic nitrogens is 2. The molecule has 0 atom stereocenters. The van der Waals surface area contributed by atoms with E-state index in [9.17, 15) is 4.39 Å². The van der Waals surface area contributed by atoms with Gasteiger partial charge in [-0.1, -0.05) is 0 Å². The van der Waals surface area contributed by atoms with Gasteiger partial charge in [-0.15, -0.1) is 0 Å². The van der Waals surface area contributed by atoms with Gasteiger partial charge in [0.2, 0.25) is 0 Å². The molecule has 2 aromatic rings. The van der Waals surface area contributed by atoms with E-state index in [0.29, 0.717) is 23.2 Å². The number of nitrogens with one attached hydrogen (secondary N) is 2. The highest BCUT2D eigenvalue weighted by Crippen LogP contribution is 2.39. The van der Waals surface area contributed by atoms with Crippen LogP contribution >= 0.6 is 0 Å². The fraction of sp³-hybridized carbons (Fsp3) is 0.333. The number of benzene rings is 1. The third-order valence-corrected chi connectivity index (χ3v) is 3.37. The van der Waals surface area contributed by atoms with E-state index in [1.807, 2.05) is 13.1 Å². The van der Waals surface area contributed by atoms with Gasteiger partial charge in [-0.05, 0) is 25.0 Å².